The van der Waals surface area contributed by atoms with E-state index in [4.69, 9.17) is 4.74 Å². The van der Waals surface area contributed by atoms with E-state index in [2.05, 4.69) is 11.1 Å². The van der Waals surface area contributed by atoms with Crippen LogP contribution < -0.4 is 0 Å². The zero-order valence-corrected chi connectivity index (χ0v) is 14.5. The summed E-state index contributed by atoms with van der Waals surface area (Å²) in [6.07, 6.45) is 0. The molecule has 3 rings (SSSR count). The fourth-order valence-electron chi connectivity index (χ4n) is 2.36. The van der Waals surface area contributed by atoms with E-state index in [0.717, 1.165) is 22.0 Å². The molecule has 1 aromatic heterocycles. The predicted molar refractivity (Wildman–Crippen MR) is 98.2 cm³/mol. The van der Waals surface area contributed by atoms with Crippen LogP contribution in [-0.2, 0) is 16.1 Å². The number of ether oxygens (including phenoxy) is 1. The Morgan fingerprint density at radius 2 is 2.00 bits per heavy atom. The van der Waals surface area contributed by atoms with Gasteiger partial charge in [-0.1, -0.05) is 54.2 Å². The van der Waals surface area contributed by atoms with Crippen molar-refractivity contribution in [3.8, 4) is 6.07 Å². The van der Waals surface area contributed by atoms with E-state index in [1.54, 1.807) is 6.07 Å². The summed E-state index contributed by atoms with van der Waals surface area (Å²) in [6, 6.07) is 19.4. The summed E-state index contributed by atoms with van der Waals surface area (Å²) in [5.74, 6) is -0.213. The number of carbonyl (C=O) groups excluding carboxylic acids is 1. The highest BCUT2D eigenvalue weighted by Crippen LogP contribution is 2.25. The van der Waals surface area contributed by atoms with Gasteiger partial charge in [-0.3, -0.25) is 4.79 Å². The molecule has 124 valence electrons. The first-order chi connectivity index (χ1) is 12.2. The SMILES string of the molecule is Cc1ccc2cc(C#N)c(SCC(=O)OCc3ccccc3)nc2c1. The summed E-state index contributed by atoms with van der Waals surface area (Å²) < 4.78 is 5.26. The third-order valence-corrected chi connectivity index (χ3v) is 4.59. The van der Waals surface area contributed by atoms with Gasteiger partial charge < -0.3 is 4.74 Å². The maximum Gasteiger partial charge on any atom is 0.316 e. The lowest BCUT2D eigenvalue weighted by atomic mass is 10.1. The minimum atomic E-state index is -0.330. The normalized spacial score (nSPS) is 10.4. The number of pyridine rings is 1. The van der Waals surface area contributed by atoms with Gasteiger partial charge in [-0.15, -0.1) is 0 Å². The molecule has 0 N–H and O–H groups in total. The highest BCUT2D eigenvalue weighted by molar-refractivity contribution is 7.99. The number of aryl methyl sites for hydroxylation is 1. The van der Waals surface area contributed by atoms with Crippen molar-refractivity contribution in [1.82, 2.24) is 4.98 Å². The lowest BCUT2D eigenvalue weighted by Gasteiger charge is -2.07. The molecular weight excluding hydrogens is 332 g/mol. The van der Waals surface area contributed by atoms with E-state index in [0.29, 0.717) is 10.6 Å². The molecule has 0 radical (unpaired) electrons. The van der Waals surface area contributed by atoms with Crippen LogP contribution in [0, 0.1) is 18.3 Å². The van der Waals surface area contributed by atoms with Crippen molar-refractivity contribution >= 4 is 28.6 Å². The maximum atomic E-state index is 12.0. The minimum Gasteiger partial charge on any atom is -0.460 e. The Morgan fingerprint density at radius 1 is 1.20 bits per heavy atom. The summed E-state index contributed by atoms with van der Waals surface area (Å²) >= 11 is 1.23. The molecule has 0 unspecified atom stereocenters. The Bertz CT molecular complexity index is 949. The average Bonchev–Trinajstić information content (AvgIpc) is 2.64. The lowest BCUT2D eigenvalue weighted by Crippen LogP contribution is -2.07. The topological polar surface area (TPSA) is 63.0 Å². The van der Waals surface area contributed by atoms with Crippen LogP contribution in [0.3, 0.4) is 0 Å². The first kappa shape index (κ1) is 17.0. The zero-order valence-electron chi connectivity index (χ0n) is 13.7. The quantitative estimate of drug-likeness (QED) is 0.509. The van der Waals surface area contributed by atoms with Crippen molar-refractivity contribution < 1.29 is 9.53 Å². The Morgan fingerprint density at radius 3 is 2.76 bits per heavy atom. The van der Waals surface area contributed by atoms with Gasteiger partial charge in [0.15, 0.2) is 0 Å². The Balaban J connectivity index is 1.67. The predicted octanol–water partition coefficient (Wildman–Crippen LogP) is 4.25. The third-order valence-electron chi connectivity index (χ3n) is 3.63. The zero-order chi connectivity index (χ0) is 17.6. The van der Waals surface area contributed by atoms with E-state index in [1.165, 1.54) is 11.8 Å². The molecule has 2 aromatic carbocycles. The van der Waals surface area contributed by atoms with Gasteiger partial charge in [0.2, 0.25) is 0 Å². The molecule has 0 aliphatic carbocycles. The molecule has 0 aliphatic rings. The van der Waals surface area contributed by atoms with Gasteiger partial charge in [-0.25, -0.2) is 4.98 Å². The van der Waals surface area contributed by atoms with Crippen molar-refractivity contribution in [1.29, 1.82) is 5.26 Å². The summed E-state index contributed by atoms with van der Waals surface area (Å²) in [6.45, 7) is 2.24. The standard InChI is InChI=1S/C20H16N2O2S/c1-14-7-8-16-10-17(11-21)20(22-18(16)9-14)25-13-19(23)24-12-15-5-3-2-4-6-15/h2-10H,12-13H2,1H3. The van der Waals surface area contributed by atoms with Gasteiger partial charge in [0, 0.05) is 5.39 Å². The van der Waals surface area contributed by atoms with Crippen LogP contribution in [-0.4, -0.2) is 16.7 Å². The summed E-state index contributed by atoms with van der Waals surface area (Å²) in [4.78, 5) is 16.5. The van der Waals surface area contributed by atoms with E-state index < -0.39 is 0 Å². The Labute approximate surface area is 150 Å². The molecule has 5 heteroatoms. The van der Waals surface area contributed by atoms with E-state index in [9.17, 15) is 10.1 Å². The van der Waals surface area contributed by atoms with Crippen molar-refractivity contribution in [3.05, 3.63) is 71.3 Å². The number of rotatable bonds is 5. The van der Waals surface area contributed by atoms with Gasteiger partial charge in [0.25, 0.3) is 0 Å². The Hall–Kier alpha value is -2.84. The maximum absolute atomic E-state index is 12.0. The van der Waals surface area contributed by atoms with Gasteiger partial charge in [0.05, 0.1) is 16.8 Å². The second-order valence-corrected chi connectivity index (χ2v) is 6.55. The monoisotopic (exact) mass is 348 g/mol. The number of esters is 1. The van der Waals surface area contributed by atoms with Crippen LogP contribution in [0.5, 0.6) is 0 Å². The fraction of sp³-hybridized carbons (Fsp3) is 0.150. The van der Waals surface area contributed by atoms with Gasteiger partial charge in [-0.05, 0) is 30.2 Å². The molecule has 4 nitrogen and oxygen atoms in total. The largest absolute Gasteiger partial charge is 0.460 e. The first-order valence-corrected chi connectivity index (χ1v) is 8.78. The minimum absolute atomic E-state index is 0.117. The van der Waals surface area contributed by atoms with E-state index in [1.807, 2.05) is 55.5 Å². The molecule has 1 heterocycles. The highest BCUT2D eigenvalue weighted by Gasteiger charge is 2.11. The molecule has 0 aliphatic heterocycles. The van der Waals surface area contributed by atoms with Crippen molar-refractivity contribution in [2.75, 3.05) is 5.75 Å². The van der Waals surface area contributed by atoms with E-state index >= 15 is 0 Å². The summed E-state index contributed by atoms with van der Waals surface area (Å²) in [5.41, 5.74) is 3.33. The number of nitrogens with zero attached hydrogens (tertiary/aromatic N) is 2. The summed E-state index contributed by atoms with van der Waals surface area (Å²) in [7, 11) is 0. The van der Waals surface area contributed by atoms with Crippen LogP contribution in [0.1, 0.15) is 16.7 Å². The fourth-order valence-corrected chi connectivity index (χ4v) is 3.12. The van der Waals surface area contributed by atoms with E-state index in [-0.39, 0.29) is 18.3 Å². The molecule has 0 atom stereocenters. The molecule has 0 amide bonds. The van der Waals surface area contributed by atoms with Crippen LogP contribution in [0.15, 0.2) is 59.6 Å². The smallest absolute Gasteiger partial charge is 0.316 e. The number of nitriles is 1. The van der Waals surface area contributed by atoms with Crippen molar-refractivity contribution in [3.63, 3.8) is 0 Å². The first-order valence-electron chi connectivity index (χ1n) is 7.79. The molecule has 3 aromatic rings. The van der Waals surface area contributed by atoms with Crippen molar-refractivity contribution in [2.24, 2.45) is 0 Å². The number of fused-ring (bicyclic) bond motifs is 1. The number of thioether (sulfide) groups is 1. The average molecular weight is 348 g/mol. The van der Waals surface area contributed by atoms with Crippen LogP contribution in [0.2, 0.25) is 0 Å². The summed E-state index contributed by atoms with van der Waals surface area (Å²) in [5, 5.41) is 10.8. The van der Waals surface area contributed by atoms with Crippen molar-refractivity contribution in [2.45, 2.75) is 18.6 Å². The van der Waals surface area contributed by atoms with Crippen LogP contribution >= 0.6 is 11.8 Å². The molecule has 0 spiro atoms. The number of aromatic nitrogens is 1. The van der Waals surface area contributed by atoms with Crippen LogP contribution in [0.25, 0.3) is 10.9 Å². The molecule has 25 heavy (non-hydrogen) atoms. The molecule has 0 saturated carbocycles. The molecule has 0 bridgehead atoms. The number of hydrogen-bond donors (Lipinski definition) is 0. The molecule has 0 saturated heterocycles. The Kier molecular flexibility index (Phi) is 5.32. The number of benzene rings is 2. The van der Waals surface area contributed by atoms with Gasteiger partial charge in [-0.2, -0.15) is 5.26 Å². The number of carbonyl (C=O) groups is 1. The lowest BCUT2D eigenvalue weighted by molar-refractivity contribution is -0.141. The van der Waals surface area contributed by atoms with Gasteiger partial charge >= 0.3 is 5.97 Å². The second-order valence-electron chi connectivity index (χ2n) is 5.58. The third kappa shape index (κ3) is 4.37. The highest BCUT2D eigenvalue weighted by atomic mass is 32.2. The van der Waals surface area contributed by atoms with Crippen LogP contribution in [0.4, 0.5) is 0 Å². The second kappa shape index (κ2) is 7.82. The van der Waals surface area contributed by atoms with Gasteiger partial charge in [0.1, 0.15) is 17.7 Å². The molecular formula is C20H16N2O2S. The molecule has 0 fully saturated rings. The number of hydrogen-bond acceptors (Lipinski definition) is 5.